The van der Waals surface area contributed by atoms with Crippen LogP contribution in [0.15, 0.2) is 22.7 Å². The summed E-state index contributed by atoms with van der Waals surface area (Å²) in [6, 6.07) is 4.63. The van der Waals surface area contributed by atoms with Gasteiger partial charge in [0, 0.05) is 12.6 Å². The summed E-state index contributed by atoms with van der Waals surface area (Å²) in [7, 11) is 0. The minimum absolute atomic E-state index is 0.259. The van der Waals surface area contributed by atoms with Gasteiger partial charge in [0.05, 0.1) is 20.9 Å². The molecule has 0 N–H and O–H groups in total. The summed E-state index contributed by atoms with van der Waals surface area (Å²) >= 11 is 9.27. The SMILES string of the molecule is CCn1nc(C)c(Cl)c1COc1ccc(Br)c(F)c1. The first-order valence-electron chi connectivity index (χ1n) is 5.82. The molecule has 0 saturated carbocycles. The molecule has 2 aromatic rings. The van der Waals surface area contributed by atoms with Crippen molar-refractivity contribution in [2.75, 3.05) is 0 Å². The fourth-order valence-corrected chi connectivity index (χ4v) is 2.16. The zero-order chi connectivity index (χ0) is 14.0. The first-order chi connectivity index (χ1) is 9.02. The highest BCUT2D eigenvalue weighted by molar-refractivity contribution is 9.10. The maximum Gasteiger partial charge on any atom is 0.141 e. The summed E-state index contributed by atoms with van der Waals surface area (Å²) < 4.78 is 21.1. The highest BCUT2D eigenvalue weighted by Gasteiger charge is 2.13. The van der Waals surface area contributed by atoms with Crippen LogP contribution in [0.2, 0.25) is 5.02 Å². The Hall–Kier alpha value is -1.07. The predicted octanol–water partition coefficient (Wildman–Crippen LogP) is 4.35. The minimum atomic E-state index is -0.358. The van der Waals surface area contributed by atoms with Crippen LogP contribution in [0.5, 0.6) is 5.75 Å². The molecule has 0 aliphatic carbocycles. The summed E-state index contributed by atoms with van der Waals surface area (Å²) in [5.74, 6) is 0.0991. The van der Waals surface area contributed by atoms with E-state index in [2.05, 4.69) is 21.0 Å². The van der Waals surface area contributed by atoms with Crippen molar-refractivity contribution in [2.24, 2.45) is 0 Å². The summed E-state index contributed by atoms with van der Waals surface area (Å²) in [6.07, 6.45) is 0. The van der Waals surface area contributed by atoms with Gasteiger partial charge in [0.1, 0.15) is 18.2 Å². The quantitative estimate of drug-likeness (QED) is 0.822. The van der Waals surface area contributed by atoms with Gasteiger partial charge < -0.3 is 4.74 Å². The van der Waals surface area contributed by atoms with Gasteiger partial charge in [-0.2, -0.15) is 5.10 Å². The van der Waals surface area contributed by atoms with Gasteiger partial charge in [-0.1, -0.05) is 11.6 Å². The van der Waals surface area contributed by atoms with E-state index < -0.39 is 0 Å². The first kappa shape index (κ1) is 14.3. The van der Waals surface area contributed by atoms with Gasteiger partial charge in [-0.15, -0.1) is 0 Å². The van der Waals surface area contributed by atoms with Gasteiger partial charge in [0.15, 0.2) is 0 Å². The number of hydrogen-bond acceptors (Lipinski definition) is 2. The highest BCUT2D eigenvalue weighted by Crippen LogP contribution is 2.24. The molecular weight excluding hydrogens is 335 g/mol. The summed E-state index contributed by atoms with van der Waals surface area (Å²) in [6.45, 7) is 4.79. The monoisotopic (exact) mass is 346 g/mol. The molecule has 0 aliphatic heterocycles. The van der Waals surface area contributed by atoms with Crippen molar-refractivity contribution in [3.8, 4) is 5.75 Å². The number of aromatic nitrogens is 2. The number of aryl methyl sites for hydroxylation is 2. The van der Waals surface area contributed by atoms with Crippen LogP contribution in [0.1, 0.15) is 18.3 Å². The predicted molar refractivity (Wildman–Crippen MR) is 76.1 cm³/mol. The Morgan fingerprint density at radius 3 is 2.84 bits per heavy atom. The lowest BCUT2D eigenvalue weighted by molar-refractivity contribution is 0.291. The van der Waals surface area contributed by atoms with Crippen LogP contribution >= 0.6 is 27.5 Å². The third kappa shape index (κ3) is 3.09. The van der Waals surface area contributed by atoms with Crippen LogP contribution in [-0.4, -0.2) is 9.78 Å². The van der Waals surface area contributed by atoms with Crippen molar-refractivity contribution >= 4 is 27.5 Å². The second-order valence-electron chi connectivity index (χ2n) is 4.03. The number of nitrogens with zero attached hydrogens (tertiary/aromatic N) is 2. The Balaban J connectivity index is 2.16. The van der Waals surface area contributed by atoms with Crippen molar-refractivity contribution in [1.82, 2.24) is 9.78 Å². The van der Waals surface area contributed by atoms with Gasteiger partial charge >= 0.3 is 0 Å². The average Bonchev–Trinajstić information content (AvgIpc) is 2.67. The van der Waals surface area contributed by atoms with Crippen LogP contribution in [0.3, 0.4) is 0 Å². The van der Waals surface area contributed by atoms with E-state index in [1.54, 1.807) is 16.8 Å². The lowest BCUT2D eigenvalue weighted by Crippen LogP contribution is -2.06. The maximum atomic E-state index is 13.4. The lowest BCUT2D eigenvalue weighted by Gasteiger charge is -2.08. The van der Waals surface area contributed by atoms with Crippen LogP contribution < -0.4 is 4.74 Å². The van der Waals surface area contributed by atoms with Crippen LogP contribution in [0, 0.1) is 12.7 Å². The second-order valence-corrected chi connectivity index (χ2v) is 5.26. The summed E-state index contributed by atoms with van der Waals surface area (Å²) in [4.78, 5) is 0. The van der Waals surface area contributed by atoms with Gasteiger partial charge in [-0.05, 0) is 41.9 Å². The van der Waals surface area contributed by atoms with Crippen LogP contribution in [0.25, 0.3) is 0 Å². The average molecular weight is 348 g/mol. The standard InChI is InChI=1S/C13H13BrClFN2O/c1-3-18-12(13(15)8(2)17-18)7-19-9-4-5-10(14)11(16)6-9/h4-6H,3,7H2,1-2H3. The topological polar surface area (TPSA) is 27.1 Å². The van der Waals surface area contributed by atoms with Crippen molar-refractivity contribution in [2.45, 2.75) is 27.0 Å². The molecule has 0 aliphatic rings. The zero-order valence-electron chi connectivity index (χ0n) is 10.6. The Morgan fingerprint density at radius 1 is 1.47 bits per heavy atom. The molecule has 0 bridgehead atoms. The van der Waals surface area contributed by atoms with Gasteiger partial charge in [0.25, 0.3) is 0 Å². The molecular formula is C13H13BrClFN2O. The normalized spacial score (nSPS) is 10.8. The number of halogens is 3. The number of hydrogen-bond donors (Lipinski definition) is 0. The minimum Gasteiger partial charge on any atom is -0.487 e. The van der Waals surface area contributed by atoms with E-state index in [4.69, 9.17) is 16.3 Å². The molecule has 0 fully saturated rings. The molecule has 1 aromatic carbocycles. The van der Waals surface area contributed by atoms with E-state index in [9.17, 15) is 4.39 Å². The Bertz CT molecular complexity index is 601. The Kier molecular flexibility index (Phi) is 4.47. The van der Waals surface area contributed by atoms with Gasteiger partial charge in [-0.25, -0.2) is 4.39 Å². The molecule has 1 aromatic heterocycles. The second kappa shape index (κ2) is 5.92. The third-order valence-electron chi connectivity index (χ3n) is 2.72. The molecule has 6 heteroatoms. The molecule has 3 nitrogen and oxygen atoms in total. The molecule has 0 spiro atoms. The zero-order valence-corrected chi connectivity index (χ0v) is 12.9. The van der Waals surface area contributed by atoms with E-state index in [-0.39, 0.29) is 12.4 Å². The first-order valence-corrected chi connectivity index (χ1v) is 6.99. The fraction of sp³-hybridized carbons (Fsp3) is 0.308. The molecule has 102 valence electrons. The van der Waals surface area contributed by atoms with Crippen LogP contribution in [-0.2, 0) is 13.2 Å². The van der Waals surface area contributed by atoms with E-state index in [0.717, 1.165) is 11.4 Å². The Labute approximate surface area is 124 Å². The number of rotatable bonds is 4. The van der Waals surface area contributed by atoms with E-state index >= 15 is 0 Å². The summed E-state index contributed by atoms with van der Waals surface area (Å²) in [5, 5.41) is 4.89. The molecule has 19 heavy (non-hydrogen) atoms. The molecule has 0 amide bonds. The number of benzene rings is 1. The van der Waals surface area contributed by atoms with Crippen LogP contribution in [0.4, 0.5) is 4.39 Å². The Morgan fingerprint density at radius 2 is 2.21 bits per heavy atom. The highest BCUT2D eigenvalue weighted by atomic mass is 79.9. The third-order valence-corrected chi connectivity index (χ3v) is 3.85. The molecule has 1 heterocycles. The van der Waals surface area contributed by atoms with E-state index in [0.29, 0.717) is 21.8 Å². The maximum absolute atomic E-state index is 13.4. The van der Waals surface area contributed by atoms with Crippen molar-refractivity contribution in [3.05, 3.63) is 44.9 Å². The smallest absolute Gasteiger partial charge is 0.141 e. The van der Waals surface area contributed by atoms with Crippen molar-refractivity contribution in [1.29, 1.82) is 0 Å². The molecule has 0 unspecified atom stereocenters. The van der Waals surface area contributed by atoms with E-state index in [1.807, 2.05) is 13.8 Å². The molecule has 0 saturated heterocycles. The van der Waals surface area contributed by atoms with Gasteiger partial charge in [0.2, 0.25) is 0 Å². The van der Waals surface area contributed by atoms with E-state index in [1.165, 1.54) is 6.07 Å². The summed E-state index contributed by atoms with van der Waals surface area (Å²) in [5.41, 5.74) is 1.56. The van der Waals surface area contributed by atoms with Crippen molar-refractivity contribution in [3.63, 3.8) is 0 Å². The van der Waals surface area contributed by atoms with Gasteiger partial charge in [-0.3, -0.25) is 4.68 Å². The van der Waals surface area contributed by atoms with Crippen molar-refractivity contribution < 1.29 is 9.13 Å². The molecule has 2 rings (SSSR count). The molecule has 0 atom stereocenters. The largest absolute Gasteiger partial charge is 0.487 e. The fourth-order valence-electron chi connectivity index (χ4n) is 1.73. The lowest BCUT2D eigenvalue weighted by atomic mass is 10.3. The number of ether oxygens (including phenoxy) is 1. The molecule has 0 radical (unpaired) electrons.